The van der Waals surface area contributed by atoms with Crippen molar-refractivity contribution in [3.05, 3.63) is 10.8 Å². The van der Waals surface area contributed by atoms with E-state index in [0.29, 0.717) is 12.0 Å². The van der Waals surface area contributed by atoms with Gasteiger partial charge in [0.25, 0.3) is 0 Å². The van der Waals surface area contributed by atoms with Gasteiger partial charge in [0.2, 0.25) is 4.96 Å². The summed E-state index contributed by atoms with van der Waals surface area (Å²) in [6, 6.07) is 0.430. The number of hydrogen-bond acceptors (Lipinski definition) is 5. The Balaban J connectivity index is 1.68. The van der Waals surface area contributed by atoms with Crippen LogP contribution in [0.2, 0.25) is 0 Å². The first-order valence-corrected chi connectivity index (χ1v) is 7.69. The van der Waals surface area contributed by atoms with Crippen molar-refractivity contribution in [1.82, 2.24) is 25.1 Å². The summed E-state index contributed by atoms with van der Waals surface area (Å²) in [6.45, 7) is 1.11. The zero-order valence-electron chi connectivity index (χ0n) is 10.3. The molecule has 2 aromatic rings. The van der Waals surface area contributed by atoms with Crippen molar-refractivity contribution in [3.8, 4) is 0 Å². The maximum absolute atomic E-state index is 4.75. The second kappa shape index (κ2) is 4.28. The van der Waals surface area contributed by atoms with Crippen molar-refractivity contribution in [2.24, 2.45) is 0 Å². The lowest BCUT2D eigenvalue weighted by molar-refractivity contribution is 0.389. The summed E-state index contributed by atoms with van der Waals surface area (Å²) in [7, 11) is 0. The Morgan fingerprint density at radius 2 is 2.06 bits per heavy atom. The molecule has 0 aromatic carbocycles. The molecule has 1 saturated carbocycles. The van der Waals surface area contributed by atoms with Crippen LogP contribution >= 0.6 is 11.3 Å². The van der Waals surface area contributed by atoms with Crippen LogP contribution in [0.25, 0.3) is 4.96 Å². The van der Waals surface area contributed by atoms with E-state index in [0.717, 1.165) is 17.3 Å². The standard InChI is InChI=1S/C12H17N5S/c1-2-7-13-9(6-1)11-16-17-10(8-4-3-5-8)14-15-12(17)18-11/h8-9,13H,1-7H2. The molecule has 1 N–H and O–H groups in total. The van der Waals surface area contributed by atoms with Crippen molar-refractivity contribution in [2.75, 3.05) is 6.54 Å². The van der Waals surface area contributed by atoms with E-state index < -0.39 is 0 Å². The molecule has 0 amide bonds. The summed E-state index contributed by atoms with van der Waals surface area (Å²) < 4.78 is 1.99. The van der Waals surface area contributed by atoms with E-state index in [9.17, 15) is 0 Å². The zero-order chi connectivity index (χ0) is 11.9. The first-order valence-electron chi connectivity index (χ1n) is 6.87. The minimum atomic E-state index is 0.430. The van der Waals surface area contributed by atoms with Gasteiger partial charge in [0.15, 0.2) is 5.82 Å². The first kappa shape index (κ1) is 10.9. The monoisotopic (exact) mass is 263 g/mol. The third-order valence-corrected chi connectivity index (χ3v) is 5.12. The molecule has 6 heteroatoms. The van der Waals surface area contributed by atoms with Gasteiger partial charge in [-0.3, -0.25) is 0 Å². The minimum absolute atomic E-state index is 0.430. The van der Waals surface area contributed by atoms with Crippen molar-refractivity contribution in [2.45, 2.75) is 50.5 Å². The summed E-state index contributed by atoms with van der Waals surface area (Å²) in [5, 5.41) is 18.1. The van der Waals surface area contributed by atoms with Gasteiger partial charge < -0.3 is 5.32 Å². The average molecular weight is 263 g/mol. The number of nitrogens with one attached hydrogen (secondary N) is 1. The fraction of sp³-hybridized carbons (Fsp3) is 0.750. The van der Waals surface area contributed by atoms with Crippen molar-refractivity contribution >= 4 is 16.3 Å². The third kappa shape index (κ3) is 1.66. The van der Waals surface area contributed by atoms with E-state index in [1.165, 1.54) is 43.5 Å². The van der Waals surface area contributed by atoms with Gasteiger partial charge in [0.05, 0.1) is 6.04 Å². The fourth-order valence-electron chi connectivity index (χ4n) is 2.77. The SMILES string of the molecule is C1CCC(c2nn3c(C4CCC4)nnc3s2)NC1. The topological polar surface area (TPSA) is 55.1 Å². The number of rotatable bonds is 2. The van der Waals surface area contributed by atoms with Gasteiger partial charge in [-0.2, -0.15) is 9.61 Å². The highest BCUT2D eigenvalue weighted by molar-refractivity contribution is 7.16. The van der Waals surface area contributed by atoms with Crippen LogP contribution in [0.15, 0.2) is 0 Å². The first-order chi connectivity index (χ1) is 8.92. The summed E-state index contributed by atoms with van der Waals surface area (Å²) >= 11 is 1.69. The molecule has 4 rings (SSSR count). The van der Waals surface area contributed by atoms with Crippen molar-refractivity contribution in [1.29, 1.82) is 0 Å². The Bertz CT molecular complexity index is 550. The van der Waals surface area contributed by atoms with E-state index in [-0.39, 0.29) is 0 Å². The molecule has 2 aromatic heterocycles. The molecule has 5 nitrogen and oxygen atoms in total. The van der Waals surface area contributed by atoms with Crippen LogP contribution in [0.5, 0.6) is 0 Å². The summed E-state index contributed by atoms with van der Waals surface area (Å²) in [5.41, 5.74) is 0. The molecule has 0 radical (unpaired) electrons. The van der Waals surface area contributed by atoms with Crippen molar-refractivity contribution in [3.63, 3.8) is 0 Å². The van der Waals surface area contributed by atoms with Crippen LogP contribution in [0.1, 0.15) is 61.3 Å². The minimum Gasteiger partial charge on any atom is -0.308 e. The zero-order valence-corrected chi connectivity index (χ0v) is 11.1. The van der Waals surface area contributed by atoms with E-state index in [1.54, 1.807) is 11.3 Å². The second-order valence-corrected chi connectivity index (χ2v) is 6.31. The van der Waals surface area contributed by atoms with Crippen molar-refractivity contribution < 1.29 is 0 Å². The highest BCUT2D eigenvalue weighted by Crippen LogP contribution is 2.36. The highest BCUT2D eigenvalue weighted by Gasteiger charge is 2.27. The molecule has 1 unspecified atom stereocenters. The van der Waals surface area contributed by atoms with Gasteiger partial charge in [-0.25, -0.2) is 0 Å². The highest BCUT2D eigenvalue weighted by atomic mass is 32.1. The van der Waals surface area contributed by atoms with Gasteiger partial charge in [-0.1, -0.05) is 24.2 Å². The second-order valence-electron chi connectivity index (χ2n) is 5.32. The van der Waals surface area contributed by atoms with Gasteiger partial charge >= 0.3 is 0 Å². The number of nitrogens with zero attached hydrogens (tertiary/aromatic N) is 4. The molecule has 2 fully saturated rings. The maximum atomic E-state index is 4.75. The number of hydrogen-bond donors (Lipinski definition) is 1. The molecular weight excluding hydrogens is 246 g/mol. The Kier molecular flexibility index (Phi) is 2.58. The van der Waals surface area contributed by atoms with E-state index >= 15 is 0 Å². The Morgan fingerprint density at radius 3 is 2.78 bits per heavy atom. The lowest BCUT2D eigenvalue weighted by Crippen LogP contribution is -2.26. The molecule has 0 bridgehead atoms. The Labute approximate surface area is 110 Å². The van der Waals surface area contributed by atoms with Crippen LogP contribution in [-0.2, 0) is 0 Å². The predicted octanol–water partition coefficient (Wildman–Crippen LogP) is 2.27. The Morgan fingerprint density at radius 1 is 1.11 bits per heavy atom. The largest absolute Gasteiger partial charge is 0.308 e. The van der Waals surface area contributed by atoms with Gasteiger partial charge in [-0.05, 0) is 32.2 Å². The van der Waals surface area contributed by atoms with Crippen LogP contribution in [0.4, 0.5) is 0 Å². The van der Waals surface area contributed by atoms with Gasteiger partial charge in [0.1, 0.15) is 5.01 Å². The number of aromatic nitrogens is 4. The molecule has 1 atom stereocenters. The number of piperidine rings is 1. The molecular formula is C12H17N5S. The maximum Gasteiger partial charge on any atom is 0.234 e. The molecule has 18 heavy (non-hydrogen) atoms. The lowest BCUT2D eigenvalue weighted by atomic mass is 9.85. The van der Waals surface area contributed by atoms with Gasteiger partial charge in [0, 0.05) is 5.92 Å². The summed E-state index contributed by atoms with van der Waals surface area (Å²) in [6.07, 6.45) is 7.59. The van der Waals surface area contributed by atoms with Crippen LogP contribution < -0.4 is 5.32 Å². The molecule has 0 spiro atoms. The van der Waals surface area contributed by atoms with E-state index in [2.05, 4.69) is 15.5 Å². The number of fused-ring (bicyclic) bond motifs is 1. The third-order valence-electron chi connectivity index (χ3n) is 4.11. The van der Waals surface area contributed by atoms with E-state index in [1.807, 2.05) is 4.52 Å². The van der Waals surface area contributed by atoms with Crippen LogP contribution in [0, 0.1) is 0 Å². The molecule has 2 aliphatic rings. The fourth-order valence-corrected chi connectivity index (χ4v) is 3.73. The normalized spacial score (nSPS) is 25.4. The van der Waals surface area contributed by atoms with Crippen LogP contribution in [0.3, 0.4) is 0 Å². The summed E-state index contributed by atoms with van der Waals surface area (Å²) in [5.74, 6) is 1.67. The molecule has 1 aliphatic carbocycles. The smallest absolute Gasteiger partial charge is 0.234 e. The lowest BCUT2D eigenvalue weighted by Gasteiger charge is -2.22. The van der Waals surface area contributed by atoms with Gasteiger partial charge in [-0.15, -0.1) is 10.2 Å². The molecule has 96 valence electrons. The quantitative estimate of drug-likeness (QED) is 0.903. The molecule has 3 heterocycles. The van der Waals surface area contributed by atoms with Crippen LogP contribution in [-0.4, -0.2) is 26.4 Å². The van der Waals surface area contributed by atoms with E-state index in [4.69, 9.17) is 5.10 Å². The molecule has 1 aliphatic heterocycles. The predicted molar refractivity (Wildman–Crippen MR) is 69.8 cm³/mol. The molecule has 1 saturated heterocycles. The summed E-state index contributed by atoms with van der Waals surface area (Å²) in [4.78, 5) is 0.958. The Hall–Kier alpha value is -1.01. The average Bonchev–Trinajstić information content (AvgIpc) is 2.90.